The average molecular weight is 459 g/mol. The molecule has 0 aromatic heterocycles. The molecule has 3 aromatic carbocycles. The summed E-state index contributed by atoms with van der Waals surface area (Å²) in [6.07, 6.45) is 0. The quantitative estimate of drug-likeness (QED) is 0.508. The van der Waals surface area contributed by atoms with Crippen molar-refractivity contribution in [1.29, 1.82) is 0 Å². The smallest absolute Gasteiger partial charge is 0.264 e. The summed E-state index contributed by atoms with van der Waals surface area (Å²) in [4.78, 5) is 14.7. The van der Waals surface area contributed by atoms with E-state index in [0.29, 0.717) is 23.7 Å². The second-order valence-corrected chi connectivity index (χ2v) is 9.07. The zero-order chi connectivity index (χ0) is 22.6. The Labute approximate surface area is 187 Å². The third-order valence-electron chi connectivity index (χ3n) is 4.89. The number of amides is 1. The Morgan fingerprint density at radius 2 is 1.61 bits per heavy atom. The molecule has 0 saturated carbocycles. The maximum absolute atomic E-state index is 13.2. The fourth-order valence-corrected chi connectivity index (χ4v) is 4.54. The Hall–Kier alpha value is -3.03. The van der Waals surface area contributed by atoms with Crippen molar-refractivity contribution in [2.24, 2.45) is 0 Å². The van der Waals surface area contributed by atoms with E-state index in [1.54, 1.807) is 29.2 Å². The van der Waals surface area contributed by atoms with Crippen molar-refractivity contribution in [2.45, 2.75) is 11.8 Å². The van der Waals surface area contributed by atoms with Gasteiger partial charge in [0.2, 0.25) is 0 Å². The summed E-state index contributed by atoms with van der Waals surface area (Å²) in [5, 5.41) is 0.186. The van der Waals surface area contributed by atoms with Crippen molar-refractivity contribution in [2.75, 3.05) is 29.9 Å². The minimum absolute atomic E-state index is 0.0253. The number of rotatable bonds is 7. The fraction of sp³-hybridized carbons (Fsp3) is 0.174. The molecule has 0 saturated heterocycles. The number of hydrogen-bond acceptors (Lipinski definition) is 4. The molecule has 0 N–H and O–H groups in total. The molecule has 1 amide bonds. The molecule has 0 fully saturated rings. The van der Waals surface area contributed by atoms with Gasteiger partial charge < -0.3 is 9.64 Å². The van der Waals surface area contributed by atoms with E-state index >= 15 is 0 Å². The SMILES string of the molecule is CCN(C(=O)c1cc(S(=O)(=O)N(C)c2ccc(OC)cc2)ccc1Cl)c1ccccc1. The normalized spacial score (nSPS) is 11.1. The number of methoxy groups -OCH3 is 1. The van der Waals surface area contributed by atoms with E-state index in [-0.39, 0.29) is 21.4 Å². The summed E-state index contributed by atoms with van der Waals surface area (Å²) < 4.78 is 32.7. The van der Waals surface area contributed by atoms with Crippen LogP contribution in [0.3, 0.4) is 0 Å². The number of ether oxygens (including phenoxy) is 1. The Balaban J connectivity index is 1.98. The van der Waals surface area contributed by atoms with E-state index in [9.17, 15) is 13.2 Å². The Kier molecular flexibility index (Phi) is 6.87. The number of carbonyl (C=O) groups is 1. The number of anilines is 2. The molecule has 0 aliphatic carbocycles. The number of hydrogen-bond donors (Lipinski definition) is 0. The van der Waals surface area contributed by atoms with Gasteiger partial charge in [0.25, 0.3) is 15.9 Å². The van der Waals surface area contributed by atoms with Gasteiger partial charge in [0.1, 0.15) is 5.75 Å². The first-order valence-electron chi connectivity index (χ1n) is 9.59. The highest BCUT2D eigenvalue weighted by Crippen LogP contribution is 2.28. The van der Waals surface area contributed by atoms with Crippen molar-refractivity contribution in [1.82, 2.24) is 0 Å². The average Bonchev–Trinajstić information content (AvgIpc) is 2.80. The van der Waals surface area contributed by atoms with Gasteiger partial charge in [-0.2, -0.15) is 0 Å². The summed E-state index contributed by atoms with van der Waals surface area (Å²) in [7, 11) is -0.926. The lowest BCUT2D eigenvalue weighted by Gasteiger charge is -2.23. The third kappa shape index (κ3) is 4.68. The van der Waals surface area contributed by atoms with Crippen LogP contribution in [-0.4, -0.2) is 35.0 Å². The van der Waals surface area contributed by atoms with Gasteiger partial charge in [0.05, 0.1) is 28.3 Å². The van der Waals surface area contributed by atoms with Gasteiger partial charge in [-0.25, -0.2) is 8.42 Å². The van der Waals surface area contributed by atoms with Gasteiger partial charge in [-0.1, -0.05) is 29.8 Å². The van der Waals surface area contributed by atoms with Gasteiger partial charge in [-0.3, -0.25) is 9.10 Å². The first-order chi connectivity index (χ1) is 14.8. The van der Waals surface area contributed by atoms with Crippen molar-refractivity contribution in [3.05, 3.63) is 83.4 Å². The Morgan fingerprint density at radius 1 is 0.968 bits per heavy atom. The summed E-state index contributed by atoms with van der Waals surface area (Å²) in [5.41, 5.74) is 1.29. The predicted molar refractivity (Wildman–Crippen MR) is 124 cm³/mol. The number of sulfonamides is 1. The van der Waals surface area contributed by atoms with Crippen molar-refractivity contribution in [3.8, 4) is 5.75 Å². The fourth-order valence-electron chi connectivity index (χ4n) is 3.11. The molecule has 6 nitrogen and oxygen atoms in total. The standard InChI is InChI=1S/C23H23ClN2O4S/c1-4-26(18-8-6-5-7-9-18)23(27)21-16-20(14-15-22(21)24)31(28,29)25(2)17-10-12-19(30-3)13-11-17/h5-16H,4H2,1-3H3. The van der Waals surface area contributed by atoms with Crippen LogP contribution in [0, 0.1) is 0 Å². The van der Waals surface area contributed by atoms with E-state index < -0.39 is 10.0 Å². The highest BCUT2D eigenvalue weighted by molar-refractivity contribution is 7.92. The zero-order valence-electron chi connectivity index (χ0n) is 17.4. The topological polar surface area (TPSA) is 66.9 Å². The lowest BCUT2D eigenvalue weighted by molar-refractivity contribution is 0.0988. The van der Waals surface area contributed by atoms with Gasteiger partial charge >= 0.3 is 0 Å². The van der Waals surface area contributed by atoms with Gasteiger partial charge in [0, 0.05) is 19.3 Å². The van der Waals surface area contributed by atoms with Crippen LogP contribution in [0.25, 0.3) is 0 Å². The number of benzene rings is 3. The highest BCUT2D eigenvalue weighted by atomic mass is 35.5. The molecule has 3 aromatic rings. The number of carbonyl (C=O) groups excluding carboxylic acids is 1. The molecule has 0 bridgehead atoms. The summed E-state index contributed by atoms with van der Waals surface area (Å²) in [6.45, 7) is 2.25. The van der Waals surface area contributed by atoms with Crippen molar-refractivity contribution >= 4 is 38.9 Å². The second kappa shape index (κ2) is 9.41. The number of para-hydroxylation sites is 1. The molecule has 3 rings (SSSR count). The van der Waals surface area contributed by atoms with Crippen LogP contribution in [0.5, 0.6) is 5.75 Å². The van der Waals surface area contributed by atoms with E-state index in [1.165, 1.54) is 32.4 Å². The largest absolute Gasteiger partial charge is 0.497 e. The minimum atomic E-state index is -3.92. The summed E-state index contributed by atoms with van der Waals surface area (Å²) in [6, 6.07) is 19.9. The maximum Gasteiger partial charge on any atom is 0.264 e. The molecule has 162 valence electrons. The van der Waals surface area contributed by atoms with Crippen LogP contribution < -0.4 is 13.9 Å². The van der Waals surface area contributed by atoms with Crippen LogP contribution in [-0.2, 0) is 10.0 Å². The lowest BCUT2D eigenvalue weighted by Crippen LogP contribution is -2.31. The van der Waals surface area contributed by atoms with Crippen LogP contribution in [0.2, 0.25) is 5.02 Å². The molecule has 0 radical (unpaired) electrons. The molecule has 0 unspecified atom stereocenters. The lowest BCUT2D eigenvalue weighted by atomic mass is 10.1. The number of halogens is 1. The second-order valence-electron chi connectivity index (χ2n) is 6.70. The monoisotopic (exact) mass is 458 g/mol. The van der Waals surface area contributed by atoms with E-state index in [0.717, 1.165) is 4.31 Å². The molecule has 0 heterocycles. The van der Waals surface area contributed by atoms with Crippen LogP contribution >= 0.6 is 11.6 Å². The molecule has 0 atom stereocenters. The van der Waals surface area contributed by atoms with Crippen molar-refractivity contribution in [3.63, 3.8) is 0 Å². The van der Waals surface area contributed by atoms with Gasteiger partial charge in [-0.05, 0) is 61.5 Å². The summed E-state index contributed by atoms with van der Waals surface area (Å²) in [5.74, 6) is 0.248. The van der Waals surface area contributed by atoms with Gasteiger partial charge in [0.15, 0.2) is 0 Å². The molecule has 31 heavy (non-hydrogen) atoms. The van der Waals surface area contributed by atoms with E-state index in [1.807, 2.05) is 37.3 Å². The highest BCUT2D eigenvalue weighted by Gasteiger charge is 2.25. The molecule has 0 spiro atoms. The molecule has 8 heteroatoms. The van der Waals surface area contributed by atoms with Crippen LogP contribution in [0.4, 0.5) is 11.4 Å². The van der Waals surface area contributed by atoms with Gasteiger partial charge in [-0.15, -0.1) is 0 Å². The molecule has 0 aliphatic rings. The van der Waals surface area contributed by atoms with Crippen LogP contribution in [0.1, 0.15) is 17.3 Å². The van der Waals surface area contributed by atoms with E-state index in [4.69, 9.17) is 16.3 Å². The van der Waals surface area contributed by atoms with E-state index in [2.05, 4.69) is 0 Å². The zero-order valence-corrected chi connectivity index (χ0v) is 19.0. The predicted octanol–water partition coefficient (Wildman–Crippen LogP) is 4.84. The number of nitrogens with zero attached hydrogens (tertiary/aromatic N) is 2. The molecule has 0 aliphatic heterocycles. The third-order valence-corrected chi connectivity index (χ3v) is 7.00. The molecular weight excluding hydrogens is 436 g/mol. The maximum atomic E-state index is 13.2. The molecular formula is C23H23ClN2O4S. The van der Waals surface area contributed by atoms with Crippen LogP contribution in [0.15, 0.2) is 77.7 Å². The first-order valence-corrected chi connectivity index (χ1v) is 11.4. The summed E-state index contributed by atoms with van der Waals surface area (Å²) >= 11 is 6.29. The Bertz CT molecular complexity index is 1170. The first kappa shape index (κ1) is 22.7. The minimum Gasteiger partial charge on any atom is -0.497 e. The Morgan fingerprint density at radius 3 is 2.19 bits per heavy atom. The van der Waals surface area contributed by atoms with Crippen molar-refractivity contribution < 1.29 is 17.9 Å².